The molecule has 0 saturated carbocycles. The summed E-state index contributed by atoms with van der Waals surface area (Å²) in [6, 6.07) is 5.58. The van der Waals surface area contributed by atoms with Crippen LogP contribution in [-0.4, -0.2) is 27.8 Å². The van der Waals surface area contributed by atoms with E-state index < -0.39 is 10.8 Å². The highest BCUT2D eigenvalue weighted by atomic mass is 32.2. The lowest BCUT2D eigenvalue weighted by Gasteiger charge is -2.15. The maximum absolute atomic E-state index is 12.1. The lowest BCUT2D eigenvalue weighted by molar-refractivity contribution is -0.127. The Kier molecular flexibility index (Phi) is 4.55. The molecule has 2 rings (SSSR count). The highest BCUT2D eigenvalue weighted by molar-refractivity contribution is 7.85. The standard InChI is InChI=1S/C13H15NO3S2/c1-10-12(5-6-17-10)19(16)9-13(15)14(2)8-11-4-3-7-18-11/h3-7H,8-9H2,1-2H3. The maximum atomic E-state index is 12.1. The molecule has 0 aromatic carbocycles. The number of carbonyl (C=O) groups is 1. The van der Waals surface area contributed by atoms with Crippen molar-refractivity contribution in [1.82, 2.24) is 4.90 Å². The molecule has 0 aliphatic carbocycles. The monoisotopic (exact) mass is 297 g/mol. The SMILES string of the molecule is Cc1occc1S(=O)CC(=O)N(C)Cc1cccs1. The van der Waals surface area contributed by atoms with Crippen LogP contribution in [0.4, 0.5) is 0 Å². The van der Waals surface area contributed by atoms with Gasteiger partial charge in [0.25, 0.3) is 0 Å². The minimum atomic E-state index is -1.34. The van der Waals surface area contributed by atoms with Gasteiger partial charge < -0.3 is 9.32 Å². The van der Waals surface area contributed by atoms with Crippen LogP contribution in [0.3, 0.4) is 0 Å². The largest absolute Gasteiger partial charge is 0.468 e. The second-order valence-corrected chi connectivity index (χ2v) is 6.61. The fraction of sp³-hybridized carbons (Fsp3) is 0.308. The van der Waals surface area contributed by atoms with Gasteiger partial charge in [-0.1, -0.05) is 6.07 Å². The molecule has 0 spiro atoms. The van der Waals surface area contributed by atoms with Crippen molar-refractivity contribution in [3.8, 4) is 0 Å². The normalized spacial score (nSPS) is 12.3. The van der Waals surface area contributed by atoms with Crippen LogP contribution >= 0.6 is 11.3 Å². The van der Waals surface area contributed by atoms with E-state index in [1.54, 1.807) is 36.3 Å². The van der Waals surface area contributed by atoms with Gasteiger partial charge in [-0.2, -0.15) is 0 Å². The van der Waals surface area contributed by atoms with E-state index in [0.717, 1.165) is 4.88 Å². The van der Waals surface area contributed by atoms with Crippen molar-refractivity contribution in [3.05, 3.63) is 40.5 Å². The van der Waals surface area contributed by atoms with Crippen molar-refractivity contribution in [2.24, 2.45) is 0 Å². The quantitative estimate of drug-likeness (QED) is 0.851. The molecule has 1 amide bonds. The van der Waals surface area contributed by atoms with Crippen LogP contribution in [0, 0.1) is 6.92 Å². The molecule has 0 bridgehead atoms. The molecule has 1 atom stereocenters. The molecule has 0 aliphatic heterocycles. The number of hydrogen-bond acceptors (Lipinski definition) is 4. The summed E-state index contributed by atoms with van der Waals surface area (Å²) in [5.74, 6) is 0.460. The fourth-order valence-corrected chi connectivity index (χ4v) is 3.57. The number of thiophene rings is 1. The average molecular weight is 297 g/mol. The summed E-state index contributed by atoms with van der Waals surface area (Å²) >= 11 is 1.60. The van der Waals surface area contributed by atoms with Gasteiger partial charge in [-0.15, -0.1) is 11.3 Å². The molecule has 0 aliphatic rings. The second kappa shape index (κ2) is 6.16. The number of hydrogen-bond donors (Lipinski definition) is 0. The zero-order valence-corrected chi connectivity index (χ0v) is 12.4. The van der Waals surface area contributed by atoms with Gasteiger partial charge in [0.1, 0.15) is 11.5 Å². The van der Waals surface area contributed by atoms with Crippen LogP contribution in [0.5, 0.6) is 0 Å². The van der Waals surface area contributed by atoms with E-state index in [4.69, 9.17) is 4.42 Å². The molecule has 0 radical (unpaired) electrons. The van der Waals surface area contributed by atoms with E-state index in [9.17, 15) is 9.00 Å². The molecule has 2 aromatic heterocycles. The number of amides is 1. The fourth-order valence-electron chi connectivity index (χ4n) is 1.63. The van der Waals surface area contributed by atoms with Crippen molar-refractivity contribution < 1.29 is 13.4 Å². The van der Waals surface area contributed by atoms with E-state index in [1.807, 2.05) is 17.5 Å². The van der Waals surface area contributed by atoms with E-state index in [1.165, 1.54) is 6.26 Å². The summed E-state index contributed by atoms with van der Waals surface area (Å²) in [5, 5.41) is 1.97. The Balaban J connectivity index is 1.94. The summed E-state index contributed by atoms with van der Waals surface area (Å²) in [5.41, 5.74) is 0. The third-order valence-electron chi connectivity index (χ3n) is 2.71. The van der Waals surface area contributed by atoms with Gasteiger partial charge in [0.05, 0.1) is 28.5 Å². The molecule has 0 fully saturated rings. The van der Waals surface area contributed by atoms with Gasteiger partial charge in [-0.05, 0) is 24.4 Å². The number of rotatable bonds is 5. The Morgan fingerprint density at radius 1 is 1.47 bits per heavy atom. The zero-order chi connectivity index (χ0) is 13.8. The number of carbonyl (C=O) groups excluding carboxylic acids is 1. The van der Waals surface area contributed by atoms with Gasteiger partial charge in [0, 0.05) is 11.9 Å². The van der Waals surface area contributed by atoms with Gasteiger partial charge in [-0.3, -0.25) is 9.00 Å². The second-order valence-electron chi connectivity index (χ2n) is 4.16. The maximum Gasteiger partial charge on any atom is 0.235 e. The molecule has 0 N–H and O–H groups in total. The van der Waals surface area contributed by atoms with E-state index >= 15 is 0 Å². The first-order valence-corrected chi connectivity index (χ1v) is 7.96. The van der Waals surface area contributed by atoms with Crippen LogP contribution in [0.2, 0.25) is 0 Å². The minimum absolute atomic E-state index is 0.0117. The molecular formula is C13H15NO3S2. The molecule has 0 saturated heterocycles. The summed E-state index contributed by atoms with van der Waals surface area (Å²) in [4.78, 5) is 15.3. The predicted octanol–water partition coefficient (Wildman–Crippen LogP) is 2.42. The van der Waals surface area contributed by atoms with Crippen LogP contribution in [-0.2, 0) is 22.1 Å². The van der Waals surface area contributed by atoms with Gasteiger partial charge in [-0.25, -0.2) is 0 Å². The van der Waals surface area contributed by atoms with Crippen molar-refractivity contribution >= 4 is 28.0 Å². The lowest BCUT2D eigenvalue weighted by atomic mass is 10.4. The number of furan rings is 1. The molecule has 2 aromatic rings. The first-order chi connectivity index (χ1) is 9.08. The third kappa shape index (κ3) is 3.54. The molecule has 102 valence electrons. The Hall–Kier alpha value is -1.40. The molecule has 4 nitrogen and oxygen atoms in total. The van der Waals surface area contributed by atoms with E-state index in [0.29, 0.717) is 17.2 Å². The minimum Gasteiger partial charge on any atom is -0.468 e. The van der Waals surface area contributed by atoms with Gasteiger partial charge >= 0.3 is 0 Å². The Morgan fingerprint density at radius 2 is 2.26 bits per heavy atom. The third-order valence-corrected chi connectivity index (χ3v) is 4.99. The van der Waals surface area contributed by atoms with Crippen molar-refractivity contribution in [1.29, 1.82) is 0 Å². The Bertz CT molecular complexity index is 574. The number of nitrogens with zero attached hydrogens (tertiary/aromatic N) is 1. The van der Waals surface area contributed by atoms with Gasteiger partial charge in [0.2, 0.25) is 5.91 Å². The predicted molar refractivity (Wildman–Crippen MR) is 75.5 cm³/mol. The summed E-state index contributed by atoms with van der Waals surface area (Å²) < 4.78 is 17.1. The van der Waals surface area contributed by atoms with Crippen LogP contribution < -0.4 is 0 Å². The number of aryl methyl sites for hydroxylation is 1. The van der Waals surface area contributed by atoms with Crippen LogP contribution in [0.15, 0.2) is 39.2 Å². The van der Waals surface area contributed by atoms with Crippen molar-refractivity contribution in [2.75, 3.05) is 12.8 Å². The summed E-state index contributed by atoms with van der Waals surface area (Å²) in [6.07, 6.45) is 1.49. The molecular weight excluding hydrogens is 282 g/mol. The molecule has 2 heterocycles. The van der Waals surface area contributed by atoms with Crippen molar-refractivity contribution in [3.63, 3.8) is 0 Å². The van der Waals surface area contributed by atoms with E-state index in [-0.39, 0.29) is 11.7 Å². The van der Waals surface area contributed by atoms with Gasteiger partial charge in [0.15, 0.2) is 0 Å². The first kappa shape index (κ1) is 14.0. The van der Waals surface area contributed by atoms with Crippen molar-refractivity contribution in [2.45, 2.75) is 18.4 Å². The summed E-state index contributed by atoms with van der Waals surface area (Å²) in [6.45, 7) is 2.30. The lowest BCUT2D eigenvalue weighted by Crippen LogP contribution is -2.30. The highest BCUT2D eigenvalue weighted by Gasteiger charge is 2.17. The smallest absolute Gasteiger partial charge is 0.235 e. The first-order valence-electron chi connectivity index (χ1n) is 5.76. The molecule has 1 unspecified atom stereocenters. The zero-order valence-electron chi connectivity index (χ0n) is 10.8. The molecule has 19 heavy (non-hydrogen) atoms. The van der Waals surface area contributed by atoms with Crippen LogP contribution in [0.1, 0.15) is 10.6 Å². The highest BCUT2D eigenvalue weighted by Crippen LogP contribution is 2.15. The Morgan fingerprint density at radius 3 is 2.84 bits per heavy atom. The Labute approximate surface area is 118 Å². The average Bonchev–Trinajstić information content (AvgIpc) is 3.00. The van der Waals surface area contributed by atoms with E-state index in [2.05, 4.69) is 0 Å². The van der Waals surface area contributed by atoms with Crippen LogP contribution in [0.25, 0.3) is 0 Å². The summed E-state index contributed by atoms with van der Waals surface area (Å²) in [7, 11) is 0.379. The molecule has 6 heteroatoms. The topological polar surface area (TPSA) is 50.5 Å².